The number of hydrogen-bond donors (Lipinski definition) is 2. The summed E-state index contributed by atoms with van der Waals surface area (Å²) in [6.07, 6.45) is 10.4. The summed E-state index contributed by atoms with van der Waals surface area (Å²) in [5.41, 5.74) is 4.80. The summed E-state index contributed by atoms with van der Waals surface area (Å²) in [5, 5.41) is 12.4. The number of aryl methyl sites for hydroxylation is 1. The molecule has 0 saturated carbocycles. The maximum atomic E-state index is 12.9. The van der Waals surface area contributed by atoms with Crippen LogP contribution >= 0.6 is 11.8 Å². The molecule has 3 amide bonds. The molecule has 0 aliphatic heterocycles. The topological polar surface area (TPSA) is 121 Å². The standard InChI is InChI=1S/C33H46N2O6S/c1-23(2)11-9-12-24(3)13-10-14-25(4)19-20-42-21-29(27(6)37)34-31(38)18-17-30(33(40)41)35(22-36)32(39)28-16-8-7-15-26(28)5/h7-8,11,13,15-16,19,22,29-30H,9-10,12,14,17-18,20-21H2,1-6H3,(H,34,38)(H,40,41)/b24-13+,25-19+. The van der Waals surface area contributed by atoms with Crippen molar-refractivity contribution in [2.24, 2.45) is 0 Å². The second kappa shape index (κ2) is 19.6. The first-order valence-electron chi connectivity index (χ1n) is 14.3. The number of imide groups is 1. The van der Waals surface area contributed by atoms with Gasteiger partial charge in [0.2, 0.25) is 12.3 Å². The van der Waals surface area contributed by atoms with E-state index in [1.54, 1.807) is 25.1 Å². The molecule has 2 atom stereocenters. The monoisotopic (exact) mass is 598 g/mol. The number of hydrogen-bond acceptors (Lipinski definition) is 6. The van der Waals surface area contributed by atoms with Crippen LogP contribution in [0.3, 0.4) is 0 Å². The summed E-state index contributed by atoms with van der Waals surface area (Å²) in [4.78, 5) is 61.9. The van der Waals surface area contributed by atoms with Gasteiger partial charge in [-0.15, -0.1) is 0 Å². The van der Waals surface area contributed by atoms with Crippen LogP contribution in [-0.2, 0) is 19.2 Å². The predicted molar refractivity (Wildman–Crippen MR) is 169 cm³/mol. The van der Waals surface area contributed by atoms with Gasteiger partial charge in [0.1, 0.15) is 6.04 Å². The van der Waals surface area contributed by atoms with Crippen molar-refractivity contribution in [3.63, 3.8) is 0 Å². The van der Waals surface area contributed by atoms with Crippen LogP contribution in [-0.4, -0.2) is 63.6 Å². The fraction of sp³-hybridized carbons (Fsp3) is 0.485. The number of carboxylic acid groups (broad SMARTS) is 1. The van der Waals surface area contributed by atoms with Gasteiger partial charge in [0.05, 0.1) is 6.04 Å². The molecule has 0 bridgehead atoms. The summed E-state index contributed by atoms with van der Waals surface area (Å²) in [5.74, 6) is -1.79. The van der Waals surface area contributed by atoms with Gasteiger partial charge in [-0.2, -0.15) is 11.8 Å². The SMILES string of the molecule is CC(=O)C(CSC/C=C(\C)CC/C=C(\C)CCC=C(C)C)NC(=O)CCC(C(=O)O)N(C=O)C(=O)c1ccccc1C. The zero-order valence-corrected chi connectivity index (χ0v) is 26.6. The number of benzene rings is 1. The van der Waals surface area contributed by atoms with Gasteiger partial charge in [-0.3, -0.25) is 24.1 Å². The highest BCUT2D eigenvalue weighted by atomic mass is 32.2. The Hall–Kier alpha value is -3.46. The average molecular weight is 599 g/mol. The van der Waals surface area contributed by atoms with Crippen LogP contribution in [0.25, 0.3) is 0 Å². The number of amides is 3. The molecule has 0 saturated heterocycles. The second-order valence-corrected chi connectivity index (χ2v) is 11.8. The number of aliphatic carboxylic acids is 1. The smallest absolute Gasteiger partial charge is 0.326 e. The predicted octanol–water partition coefficient (Wildman–Crippen LogP) is 6.05. The van der Waals surface area contributed by atoms with Crippen LogP contribution in [0.15, 0.2) is 59.2 Å². The zero-order valence-electron chi connectivity index (χ0n) is 25.8. The number of nitrogens with zero attached hydrogens (tertiary/aromatic N) is 1. The molecule has 0 aliphatic rings. The van der Waals surface area contributed by atoms with Gasteiger partial charge in [-0.1, -0.05) is 53.1 Å². The molecule has 0 aliphatic carbocycles. The van der Waals surface area contributed by atoms with Gasteiger partial charge in [-0.25, -0.2) is 4.79 Å². The van der Waals surface area contributed by atoms with Crippen LogP contribution in [0, 0.1) is 6.92 Å². The third-order valence-corrected chi connectivity index (χ3v) is 7.74. The lowest BCUT2D eigenvalue weighted by atomic mass is 10.0. The number of nitrogens with one attached hydrogen (secondary N) is 1. The molecule has 9 heteroatoms. The zero-order chi connectivity index (χ0) is 31.7. The van der Waals surface area contributed by atoms with Crippen LogP contribution in [0.5, 0.6) is 0 Å². The van der Waals surface area contributed by atoms with E-state index < -0.39 is 29.9 Å². The van der Waals surface area contributed by atoms with E-state index in [0.717, 1.165) is 25.7 Å². The van der Waals surface area contributed by atoms with Crippen molar-refractivity contribution in [1.29, 1.82) is 0 Å². The Bertz CT molecular complexity index is 1180. The lowest BCUT2D eigenvalue weighted by Crippen LogP contribution is -2.46. The van der Waals surface area contributed by atoms with Gasteiger partial charge < -0.3 is 10.4 Å². The molecule has 1 aromatic rings. The van der Waals surface area contributed by atoms with Crippen molar-refractivity contribution < 1.29 is 29.1 Å². The Morgan fingerprint density at radius 2 is 1.55 bits per heavy atom. The molecule has 0 heterocycles. The highest BCUT2D eigenvalue weighted by Gasteiger charge is 2.31. The molecular weight excluding hydrogens is 552 g/mol. The molecule has 1 rings (SSSR count). The lowest BCUT2D eigenvalue weighted by molar-refractivity contribution is -0.145. The van der Waals surface area contributed by atoms with E-state index in [9.17, 15) is 29.1 Å². The van der Waals surface area contributed by atoms with Crippen molar-refractivity contribution in [2.75, 3.05) is 11.5 Å². The Labute approximate surface area is 254 Å². The second-order valence-electron chi connectivity index (χ2n) is 10.8. The maximum absolute atomic E-state index is 12.9. The van der Waals surface area contributed by atoms with Crippen LogP contribution < -0.4 is 5.32 Å². The fourth-order valence-corrected chi connectivity index (χ4v) is 5.21. The van der Waals surface area contributed by atoms with Crippen molar-refractivity contribution in [2.45, 2.75) is 92.2 Å². The molecule has 0 aromatic heterocycles. The quantitative estimate of drug-likeness (QED) is 0.113. The van der Waals surface area contributed by atoms with Crippen molar-refractivity contribution in [3.05, 3.63) is 70.3 Å². The first-order valence-corrected chi connectivity index (χ1v) is 15.4. The van der Waals surface area contributed by atoms with Crippen molar-refractivity contribution >= 4 is 41.7 Å². The largest absolute Gasteiger partial charge is 0.480 e. The van der Waals surface area contributed by atoms with E-state index in [0.29, 0.717) is 22.0 Å². The summed E-state index contributed by atoms with van der Waals surface area (Å²) >= 11 is 1.53. The van der Waals surface area contributed by atoms with E-state index >= 15 is 0 Å². The van der Waals surface area contributed by atoms with Crippen LogP contribution in [0.2, 0.25) is 0 Å². The van der Waals surface area contributed by atoms with Gasteiger partial charge in [0.25, 0.3) is 5.91 Å². The first-order chi connectivity index (χ1) is 19.9. The van der Waals surface area contributed by atoms with E-state index in [1.165, 1.54) is 41.5 Å². The highest BCUT2D eigenvalue weighted by molar-refractivity contribution is 7.99. The molecular formula is C33H46N2O6S. The van der Waals surface area contributed by atoms with Crippen molar-refractivity contribution in [3.8, 4) is 0 Å². The van der Waals surface area contributed by atoms with E-state index in [4.69, 9.17) is 0 Å². The molecule has 42 heavy (non-hydrogen) atoms. The minimum absolute atomic E-state index is 0.180. The number of carbonyl (C=O) groups is 5. The molecule has 1 aromatic carbocycles. The Balaban J connectivity index is 2.60. The third kappa shape index (κ3) is 13.9. The normalized spacial score (nSPS) is 13.1. The Morgan fingerprint density at radius 3 is 2.12 bits per heavy atom. The van der Waals surface area contributed by atoms with Gasteiger partial charge >= 0.3 is 5.97 Å². The van der Waals surface area contributed by atoms with Crippen molar-refractivity contribution in [1.82, 2.24) is 10.2 Å². The summed E-state index contributed by atoms with van der Waals surface area (Å²) in [6.45, 7) is 11.5. The number of ketones is 1. The number of carbonyl (C=O) groups excluding carboxylic acids is 4. The molecule has 8 nitrogen and oxygen atoms in total. The van der Waals surface area contributed by atoms with Gasteiger partial charge in [0, 0.05) is 23.5 Å². The number of carboxylic acids is 1. The lowest BCUT2D eigenvalue weighted by Gasteiger charge is -2.24. The number of Topliss-reactive ketones (excluding diaryl/α,β-unsaturated/α-hetero) is 1. The minimum atomic E-state index is -1.52. The molecule has 0 fully saturated rings. The average Bonchev–Trinajstić information content (AvgIpc) is 2.92. The summed E-state index contributed by atoms with van der Waals surface area (Å²) in [6, 6.07) is 4.31. The number of allylic oxidation sites excluding steroid dienone is 5. The van der Waals surface area contributed by atoms with E-state index in [1.807, 2.05) is 0 Å². The van der Waals surface area contributed by atoms with Crippen LogP contribution in [0.1, 0.15) is 89.1 Å². The van der Waals surface area contributed by atoms with Crippen LogP contribution in [0.4, 0.5) is 0 Å². The maximum Gasteiger partial charge on any atom is 0.326 e. The summed E-state index contributed by atoms with van der Waals surface area (Å²) in [7, 11) is 0. The number of thioether (sulfide) groups is 1. The summed E-state index contributed by atoms with van der Waals surface area (Å²) < 4.78 is 0. The number of rotatable bonds is 19. The van der Waals surface area contributed by atoms with Gasteiger partial charge in [-0.05, 0) is 85.3 Å². The molecule has 230 valence electrons. The Kier molecular flexibility index (Phi) is 17.1. The molecule has 2 N–H and O–H groups in total. The van der Waals surface area contributed by atoms with E-state index in [-0.39, 0.29) is 30.6 Å². The molecule has 0 spiro atoms. The van der Waals surface area contributed by atoms with E-state index in [2.05, 4.69) is 51.2 Å². The third-order valence-electron chi connectivity index (χ3n) is 6.77. The first kappa shape index (κ1) is 36.6. The Morgan fingerprint density at radius 1 is 0.929 bits per heavy atom. The molecule has 2 unspecified atom stereocenters. The minimum Gasteiger partial charge on any atom is -0.480 e. The molecule has 0 radical (unpaired) electrons. The highest BCUT2D eigenvalue weighted by Crippen LogP contribution is 2.16. The fourth-order valence-electron chi connectivity index (χ4n) is 4.12. The van der Waals surface area contributed by atoms with Gasteiger partial charge in [0.15, 0.2) is 5.78 Å².